The molecule has 2 heteroatoms. The fraction of sp³-hybridized carbons (Fsp3) is 0.429. The van der Waals surface area contributed by atoms with Gasteiger partial charge in [-0.3, -0.25) is 4.21 Å². The predicted molar refractivity (Wildman–Crippen MR) is 40.3 cm³/mol. The Morgan fingerprint density at radius 1 is 1.67 bits per heavy atom. The van der Waals surface area contributed by atoms with Crippen LogP contribution in [0.1, 0.15) is 19.8 Å². The molecule has 0 aromatic heterocycles. The molecular formula is C7H10OS. The summed E-state index contributed by atoms with van der Waals surface area (Å²) in [4.78, 5) is 1.07. The van der Waals surface area contributed by atoms with Crippen molar-refractivity contribution in [3.8, 4) is 0 Å². The molecule has 0 saturated heterocycles. The summed E-state index contributed by atoms with van der Waals surface area (Å²) in [6, 6.07) is 0. The molecule has 0 saturated carbocycles. The Bertz CT molecular complexity index is 179. The standard InChI is InChI=1S/C7H10OS/c1-2-4-7-5-3-6-9(7)8/h3,5-6H,2,4H2,1H3. The molecule has 1 heterocycles. The Morgan fingerprint density at radius 2 is 2.44 bits per heavy atom. The number of rotatable bonds is 2. The maximum atomic E-state index is 10.9. The molecule has 1 aliphatic rings. The fourth-order valence-electron chi connectivity index (χ4n) is 0.803. The van der Waals surface area contributed by atoms with Gasteiger partial charge in [0.2, 0.25) is 0 Å². The van der Waals surface area contributed by atoms with Crippen molar-refractivity contribution in [3.05, 3.63) is 22.5 Å². The average molecular weight is 142 g/mol. The first-order chi connectivity index (χ1) is 4.34. The van der Waals surface area contributed by atoms with Crippen molar-refractivity contribution in [2.75, 3.05) is 0 Å². The van der Waals surface area contributed by atoms with E-state index < -0.39 is 10.8 Å². The van der Waals surface area contributed by atoms with Crippen LogP contribution in [0.4, 0.5) is 0 Å². The molecule has 0 aliphatic carbocycles. The largest absolute Gasteiger partial charge is 0.250 e. The molecule has 50 valence electrons. The number of hydrogen-bond acceptors (Lipinski definition) is 1. The Hall–Kier alpha value is -0.370. The number of hydrogen-bond donors (Lipinski definition) is 0. The van der Waals surface area contributed by atoms with Crippen molar-refractivity contribution < 1.29 is 4.21 Å². The van der Waals surface area contributed by atoms with Gasteiger partial charge in [-0.15, -0.1) is 0 Å². The molecule has 1 unspecified atom stereocenters. The van der Waals surface area contributed by atoms with Gasteiger partial charge in [-0.2, -0.15) is 0 Å². The SMILES string of the molecule is CCCC1=CC=CS1=O. The van der Waals surface area contributed by atoms with E-state index in [0.717, 1.165) is 17.7 Å². The van der Waals surface area contributed by atoms with Gasteiger partial charge >= 0.3 is 0 Å². The molecule has 0 bridgehead atoms. The fourth-order valence-corrected chi connectivity index (χ4v) is 1.82. The van der Waals surface area contributed by atoms with Crippen molar-refractivity contribution in [1.82, 2.24) is 0 Å². The molecule has 9 heavy (non-hydrogen) atoms. The van der Waals surface area contributed by atoms with E-state index in [-0.39, 0.29) is 0 Å². The van der Waals surface area contributed by atoms with Gasteiger partial charge in [-0.25, -0.2) is 0 Å². The van der Waals surface area contributed by atoms with Crippen molar-refractivity contribution in [2.24, 2.45) is 0 Å². The van der Waals surface area contributed by atoms with Gasteiger partial charge in [0.25, 0.3) is 0 Å². The van der Waals surface area contributed by atoms with E-state index in [1.165, 1.54) is 0 Å². The summed E-state index contributed by atoms with van der Waals surface area (Å²) < 4.78 is 10.9. The van der Waals surface area contributed by atoms with Crippen LogP contribution in [0.25, 0.3) is 0 Å². The molecular weight excluding hydrogens is 132 g/mol. The molecule has 1 atom stereocenters. The van der Waals surface area contributed by atoms with Crippen LogP contribution in [-0.2, 0) is 10.8 Å². The lowest BCUT2D eigenvalue weighted by Gasteiger charge is -1.93. The molecule has 0 fully saturated rings. The van der Waals surface area contributed by atoms with E-state index in [2.05, 4.69) is 6.92 Å². The minimum absolute atomic E-state index is 0.780. The third-order valence-electron chi connectivity index (χ3n) is 1.24. The second-order valence-electron chi connectivity index (χ2n) is 2.01. The maximum absolute atomic E-state index is 10.9. The lowest BCUT2D eigenvalue weighted by Crippen LogP contribution is -1.84. The van der Waals surface area contributed by atoms with Gasteiger partial charge in [-0.1, -0.05) is 19.4 Å². The van der Waals surface area contributed by atoms with Crippen LogP contribution in [0.2, 0.25) is 0 Å². The molecule has 0 aromatic rings. The minimum atomic E-state index is -0.780. The summed E-state index contributed by atoms with van der Waals surface area (Å²) in [6.45, 7) is 2.09. The zero-order valence-electron chi connectivity index (χ0n) is 5.46. The van der Waals surface area contributed by atoms with Gasteiger partial charge < -0.3 is 0 Å². The predicted octanol–water partition coefficient (Wildman–Crippen LogP) is 1.95. The third kappa shape index (κ3) is 1.52. The molecule has 1 aliphatic heterocycles. The first-order valence-corrected chi connectivity index (χ1v) is 4.34. The molecule has 0 spiro atoms. The van der Waals surface area contributed by atoms with Gasteiger partial charge in [0, 0.05) is 10.3 Å². The van der Waals surface area contributed by atoms with E-state index in [1.807, 2.05) is 12.2 Å². The molecule has 0 N–H and O–H groups in total. The van der Waals surface area contributed by atoms with Crippen molar-refractivity contribution in [2.45, 2.75) is 19.8 Å². The highest BCUT2D eigenvalue weighted by Gasteiger charge is 2.05. The van der Waals surface area contributed by atoms with E-state index in [1.54, 1.807) is 5.41 Å². The van der Waals surface area contributed by atoms with Gasteiger partial charge in [-0.05, 0) is 12.5 Å². The summed E-state index contributed by atoms with van der Waals surface area (Å²) in [5.41, 5.74) is 0. The Morgan fingerprint density at radius 3 is 2.89 bits per heavy atom. The summed E-state index contributed by atoms with van der Waals surface area (Å²) in [7, 11) is -0.780. The van der Waals surface area contributed by atoms with E-state index in [4.69, 9.17) is 0 Å². The molecule has 0 aromatic carbocycles. The van der Waals surface area contributed by atoms with Crippen LogP contribution >= 0.6 is 0 Å². The highest BCUT2D eigenvalue weighted by molar-refractivity contribution is 7.92. The van der Waals surface area contributed by atoms with Crippen LogP contribution in [0.15, 0.2) is 22.5 Å². The van der Waals surface area contributed by atoms with Gasteiger partial charge in [0.15, 0.2) is 0 Å². The van der Waals surface area contributed by atoms with Crippen molar-refractivity contribution in [3.63, 3.8) is 0 Å². The van der Waals surface area contributed by atoms with E-state index in [0.29, 0.717) is 0 Å². The quantitative estimate of drug-likeness (QED) is 0.576. The van der Waals surface area contributed by atoms with Gasteiger partial charge in [0.1, 0.15) is 0 Å². The van der Waals surface area contributed by atoms with Crippen LogP contribution in [0.3, 0.4) is 0 Å². The van der Waals surface area contributed by atoms with E-state index >= 15 is 0 Å². The zero-order chi connectivity index (χ0) is 6.69. The van der Waals surface area contributed by atoms with Crippen LogP contribution in [-0.4, -0.2) is 4.21 Å². The Labute approximate surface area is 57.9 Å². The molecule has 1 nitrogen and oxygen atoms in total. The highest BCUT2D eigenvalue weighted by Crippen LogP contribution is 2.15. The molecule has 1 rings (SSSR count). The minimum Gasteiger partial charge on any atom is -0.250 e. The van der Waals surface area contributed by atoms with Gasteiger partial charge in [0.05, 0.1) is 10.8 Å². The summed E-state index contributed by atoms with van der Waals surface area (Å²) in [5.74, 6) is 0. The highest BCUT2D eigenvalue weighted by atomic mass is 32.2. The monoisotopic (exact) mass is 142 g/mol. The smallest absolute Gasteiger partial charge is 0.0734 e. The third-order valence-corrected chi connectivity index (χ3v) is 2.50. The Kier molecular flexibility index (Phi) is 2.22. The van der Waals surface area contributed by atoms with Crippen LogP contribution in [0, 0.1) is 0 Å². The molecule has 0 amide bonds. The molecule has 0 radical (unpaired) electrons. The zero-order valence-corrected chi connectivity index (χ0v) is 6.28. The second-order valence-corrected chi connectivity index (χ2v) is 3.40. The average Bonchev–Trinajstić information content (AvgIpc) is 2.18. The first-order valence-electron chi connectivity index (χ1n) is 3.12. The normalized spacial score (nSPS) is 24.6. The summed E-state index contributed by atoms with van der Waals surface area (Å²) >= 11 is 0. The second kappa shape index (κ2) is 2.97. The number of allylic oxidation sites excluding steroid dienone is 3. The van der Waals surface area contributed by atoms with Crippen LogP contribution in [0.5, 0.6) is 0 Å². The summed E-state index contributed by atoms with van der Waals surface area (Å²) in [6.07, 6.45) is 5.86. The lowest BCUT2D eigenvalue weighted by molar-refractivity contribution is 0.690. The van der Waals surface area contributed by atoms with Crippen molar-refractivity contribution in [1.29, 1.82) is 0 Å². The topological polar surface area (TPSA) is 17.1 Å². The van der Waals surface area contributed by atoms with E-state index in [9.17, 15) is 4.21 Å². The first kappa shape index (κ1) is 6.75. The van der Waals surface area contributed by atoms with Crippen molar-refractivity contribution >= 4 is 10.8 Å². The lowest BCUT2D eigenvalue weighted by atomic mass is 10.3. The van der Waals surface area contributed by atoms with Crippen LogP contribution < -0.4 is 0 Å². The summed E-state index contributed by atoms with van der Waals surface area (Å²) in [5, 5.41) is 1.73. The Balaban J connectivity index is 2.54. The maximum Gasteiger partial charge on any atom is 0.0734 e.